The molecular formula is C27H34N10O. The second-order valence-corrected chi connectivity index (χ2v) is 9.17. The molecule has 1 saturated heterocycles. The van der Waals surface area contributed by atoms with Gasteiger partial charge in [0.2, 0.25) is 0 Å². The van der Waals surface area contributed by atoms with Gasteiger partial charge in [-0.2, -0.15) is 10.4 Å². The van der Waals surface area contributed by atoms with Crippen LogP contribution in [0.4, 0.5) is 10.6 Å². The van der Waals surface area contributed by atoms with Gasteiger partial charge in [0.05, 0.1) is 11.7 Å². The number of nitrogens with two attached hydrogens (primary N) is 1. The number of nitriles is 1. The molecule has 0 atom stereocenters. The fraction of sp³-hybridized carbons (Fsp3) is 0.370. The number of allylic oxidation sites excluding steroid dienone is 3. The van der Waals surface area contributed by atoms with E-state index in [0.717, 1.165) is 28.1 Å². The number of carbonyl (C=O) groups excluding carboxylic acids is 1. The first kappa shape index (κ1) is 26.5. The number of amides is 2. The Morgan fingerprint density at radius 1 is 1.18 bits per heavy atom. The smallest absolute Gasteiger partial charge is 0.320 e. The third-order valence-corrected chi connectivity index (χ3v) is 6.88. The predicted molar refractivity (Wildman–Crippen MR) is 149 cm³/mol. The molecule has 0 unspecified atom stereocenters. The third-order valence-electron chi connectivity index (χ3n) is 6.88. The van der Waals surface area contributed by atoms with Gasteiger partial charge in [0.15, 0.2) is 5.82 Å². The summed E-state index contributed by atoms with van der Waals surface area (Å²) < 4.78 is 3.39. The van der Waals surface area contributed by atoms with Gasteiger partial charge in [0.1, 0.15) is 17.5 Å². The molecule has 0 aromatic carbocycles. The molecule has 1 fully saturated rings. The second kappa shape index (κ2) is 11.2. The number of nitrogen functional groups attached to an aromatic ring is 1. The van der Waals surface area contributed by atoms with Crippen LogP contribution in [0.25, 0.3) is 22.2 Å². The van der Waals surface area contributed by atoms with E-state index in [4.69, 9.17) is 5.73 Å². The van der Waals surface area contributed by atoms with Crippen LogP contribution in [0, 0.1) is 11.3 Å². The minimum Gasteiger partial charge on any atom is -0.381 e. The lowest BCUT2D eigenvalue weighted by Gasteiger charge is -2.38. The first-order valence-electron chi connectivity index (χ1n) is 12.7. The van der Waals surface area contributed by atoms with Crippen molar-refractivity contribution in [1.29, 1.82) is 5.26 Å². The summed E-state index contributed by atoms with van der Waals surface area (Å²) in [6.45, 7) is 13.7. The number of hydrogen-bond donors (Lipinski definition) is 1. The summed E-state index contributed by atoms with van der Waals surface area (Å²) in [5, 5.41) is 18.4. The number of rotatable bonds is 7. The monoisotopic (exact) mass is 514 g/mol. The summed E-state index contributed by atoms with van der Waals surface area (Å²) in [5.74, 6) is 0.915. The van der Waals surface area contributed by atoms with Gasteiger partial charge in [-0.3, -0.25) is 4.68 Å². The molecular weight excluding hydrogens is 480 g/mol. The summed E-state index contributed by atoms with van der Waals surface area (Å²) in [6.07, 6.45) is 9.44. The van der Waals surface area contributed by atoms with Gasteiger partial charge < -0.3 is 20.4 Å². The van der Waals surface area contributed by atoms with Crippen molar-refractivity contribution in [1.82, 2.24) is 34.1 Å². The number of hydrogen-bond acceptors (Lipinski definition) is 7. The lowest BCUT2D eigenvalue weighted by atomic mass is 10.0. The highest BCUT2D eigenvalue weighted by atomic mass is 16.2. The van der Waals surface area contributed by atoms with Crippen molar-refractivity contribution >= 4 is 29.7 Å². The van der Waals surface area contributed by atoms with Crippen LogP contribution in [0.2, 0.25) is 0 Å². The summed E-state index contributed by atoms with van der Waals surface area (Å²) in [6, 6.07) is 4.29. The van der Waals surface area contributed by atoms with Gasteiger partial charge in [-0.1, -0.05) is 6.08 Å². The maximum Gasteiger partial charge on any atom is 0.320 e. The highest BCUT2D eigenvalue weighted by Gasteiger charge is 2.24. The molecule has 4 rings (SSSR count). The normalized spacial score (nSPS) is 14.6. The van der Waals surface area contributed by atoms with Crippen LogP contribution in [0.3, 0.4) is 0 Å². The zero-order valence-corrected chi connectivity index (χ0v) is 22.4. The number of pyridine rings is 1. The highest BCUT2D eigenvalue weighted by Crippen LogP contribution is 2.31. The quantitative estimate of drug-likeness (QED) is 0.381. The van der Waals surface area contributed by atoms with Crippen LogP contribution in [-0.2, 0) is 7.05 Å². The first-order chi connectivity index (χ1) is 18.3. The third kappa shape index (κ3) is 5.11. The van der Waals surface area contributed by atoms with E-state index < -0.39 is 0 Å². The van der Waals surface area contributed by atoms with E-state index in [1.165, 1.54) is 0 Å². The van der Waals surface area contributed by atoms with Crippen molar-refractivity contribution < 1.29 is 4.79 Å². The largest absolute Gasteiger partial charge is 0.381 e. The van der Waals surface area contributed by atoms with E-state index in [2.05, 4.69) is 32.9 Å². The Morgan fingerprint density at radius 3 is 2.45 bits per heavy atom. The predicted octanol–water partition coefficient (Wildman–Crippen LogP) is 3.21. The van der Waals surface area contributed by atoms with Crippen LogP contribution in [0.5, 0.6) is 0 Å². The number of aryl methyl sites for hydroxylation is 1. The number of fused-ring (bicyclic) bond motifs is 1. The van der Waals surface area contributed by atoms with E-state index in [-0.39, 0.29) is 11.8 Å². The van der Waals surface area contributed by atoms with E-state index >= 15 is 0 Å². The van der Waals surface area contributed by atoms with Gasteiger partial charge in [0.25, 0.3) is 0 Å². The average molecular weight is 515 g/mol. The maximum absolute atomic E-state index is 12.7. The minimum absolute atomic E-state index is 0.0772. The second-order valence-electron chi connectivity index (χ2n) is 9.17. The molecule has 1 aliphatic heterocycles. The SMILES string of the molecule is C=N/C(=C\C=C(/C)c1cc(-c2cnn(C)c2)cn2nc(N)c(C#N)c12)N1CCN(C(=O)N(CC)CC)CC1. The standard InChI is InChI=1S/C27H34N10O/c1-6-34(7-2)27(38)36-12-10-35(11-13-36)24(30-4)9-8-19(3)22-14-20(21-16-31-33(5)17-21)18-37-25(22)23(15-28)26(29)32-37/h8-9,14,16-18H,4,6-7,10-13H2,1-3,5H3,(H2,29,32)/b19-8+,24-9+. The van der Waals surface area contributed by atoms with Crippen molar-refractivity contribution in [2.75, 3.05) is 45.0 Å². The topological polar surface area (TPSA) is 124 Å². The number of aromatic nitrogens is 4. The Balaban J connectivity index is 1.64. The molecule has 4 heterocycles. The molecule has 11 nitrogen and oxygen atoms in total. The van der Waals surface area contributed by atoms with Crippen LogP contribution < -0.4 is 5.73 Å². The van der Waals surface area contributed by atoms with Gasteiger partial charge in [-0.15, -0.1) is 5.10 Å². The molecule has 0 radical (unpaired) electrons. The van der Waals surface area contributed by atoms with Gasteiger partial charge in [0, 0.05) is 75.4 Å². The fourth-order valence-corrected chi connectivity index (χ4v) is 4.70. The van der Waals surface area contributed by atoms with Crippen molar-refractivity contribution in [2.24, 2.45) is 12.0 Å². The first-order valence-corrected chi connectivity index (χ1v) is 12.7. The summed E-state index contributed by atoms with van der Waals surface area (Å²) in [5.41, 5.74) is 10.6. The number of urea groups is 1. The lowest BCUT2D eigenvalue weighted by Crippen LogP contribution is -2.52. The van der Waals surface area contributed by atoms with E-state index in [0.29, 0.717) is 50.3 Å². The van der Waals surface area contributed by atoms with Crippen LogP contribution in [0.15, 0.2) is 47.6 Å². The van der Waals surface area contributed by atoms with Crippen molar-refractivity contribution in [3.63, 3.8) is 0 Å². The highest BCUT2D eigenvalue weighted by molar-refractivity contribution is 5.87. The average Bonchev–Trinajstić information content (AvgIpc) is 3.50. The Bertz CT molecular complexity index is 1440. The molecule has 3 aromatic heterocycles. The molecule has 38 heavy (non-hydrogen) atoms. The minimum atomic E-state index is 0.0772. The van der Waals surface area contributed by atoms with E-state index in [9.17, 15) is 10.1 Å². The number of aliphatic imine (C=N–C) groups is 1. The molecule has 3 aromatic rings. The molecule has 1 aliphatic rings. The molecule has 0 aliphatic carbocycles. The van der Waals surface area contributed by atoms with Crippen molar-refractivity contribution in [3.8, 4) is 17.2 Å². The molecule has 2 N–H and O–H groups in total. The summed E-state index contributed by atoms with van der Waals surface area (Å²) in [4.78, 5) is 22.8. The molecule has 0 saturated carbocycles. The summed E-state index contributed by atoms with van der Waals surface area (Å²) in [7, 11) is 1.86. The zero-order chi connectivity index (χ0) is 27.4. The van der Waals surface area contributed by atoms with Gasteiger partial charge in [-0.05, 0) is 45.2 Å². The van der Waals surface area contributed by atoms with Crippen LogP contribution in [0.1, 0.15) is 31.9 Å². The molecule has 198 valence electrons. The maximum atomic E-state index is 12.7. The number of carbonyl (C=O) groups is 1. The van der Waals surface area contributed by atoms with Gasteiger partial charge >= 0.3 is 6.03 Å². The Kier molecular flexibility index (Phi) is 7.81. The Morgan fingerprint density at radius 2 is 1.87 bits per heavy atom. The molecule has 2 amide bonds. The molecule has 0 spiro atoms. The van der Waals surface area contributed by atoms with Crippen molar-refractivity contribution in [3.05, 3.63) is 53.8 Å². The van der Waals surface area contributed by atoms with E-state index in [1.807, 2.05) is 68.2 Å². The summed E-state index contributed by atoms with van der Waals surface area (Å²) >= 11 is 0. The lowest BCUT2D eigenvalue weighted by molar-refractivity contribution is 0.127. The Labute approximate surface area is 222 Å². The van der Waals surface area contributed by atoms with Crippen molar-refractivity contribution in [2.45, 2.75) is 20.8 Å². The van der Waals surface area contributed by atoms with E-state index in [1.54, 1.807) is 15.4 Å². The van der Waals surface area contributed by atoms with Crippen LogP contribution in [-0.4, -0.2) is 86.1 Å². The fourth-order valence-electron chi connectivity index (χ4n) is 4.70. The number of nitrogens with zero attached hydrogens (tertiary/aromatic N) is 9. The van der Waals surface area contributed by atoms with Gasteiger partial charge in [-0.25, -0.2) is 14.3 Å². The molecule has 0 bridgehead atoms. The number of anilines is 1. The molecule has 11 heteroatoms. The zero-order valence-electron chi connectivity index (χ0n) is 22.4. The Hall–Kier alpha value is -4.59. The van der Waals surface area contributed by atoms with Crippen LogP contribution >= 0.6 is 0 Å². The number of piperazine rings is 1.